The normalized spacial score (nSPS) is 10.8. The highest BCUT2D eigenvalue weighted by molar-refractivity contribution is 5.91. The van der Waals surface area contributed by atoms with E-state index in [2.05, 4.69) is 22.4 Å². The smallest absolute Gasteiger partial charge is 0.220 e. The lowest BCUT2D eigenvalue weighted by Gasteiger charge is -2.09. The van der Waals surface area contributed by atoms with Crippen LogP contribution in [0, 0.1) is 0 Å². The van der Waals surface area contributed by atoms with Crippen molar-refractivity contribution in [3.05, 3.63) is 83.9 Å². The zero-order valence-electron chi connectivity index (χ0n) is 17.8. The van der Waals surface area contributed by atoms with E-state index < -0.39 is 0 Å². The minimum atomic E-state index is 0.0220. The Morgan fingerprint density at radius 2 is 1.68 bits per heavy atom. The molecule has 5 nitrogen and oxygen atoms in total. The Morgan fingerprint density at radius 1 is 0.903 bits per heavy atom. The Bertz CT molecular complexity index is 1180. The fourth-order valence-corrected chi connectivity index (χ4v) is 3.77. The van der Waals surface area contributed by atoms with Gasteiger partial charge in [-0.2, -0.15) is 0 Å². The first kappa shape index (κ1) is 20.5. The number of aromatic amines is 1. The van der Waals surface area contributed by atoms with E-state index in [1.54, 1.807) is 14.2 Å². The van der Waals surface area contributed by atoms with Gasteiger partial charge in [-0.3, -0.25) is 4.79 Å². The van der Waals surface area contributed by atoms with Crippen LogP contribution in [0.4, 0.5) is 0 Å². The largest absolute Gasteiger partial charge is 0.497 e. The van der Waals surface area contributed by atoms with Crippen LogP contribution in [0.15, 0.2) is 72.8 Å². The standard InChI is InChI=1S/C26H26N2O3/c1-30-20-12-10-19(11-13-20)26-23(22-8-3-4-9-24(22)28-26)14-15-25(29)27-17-18-6-5-7-21(16-18)31-2/h3-13,16,28H,14-15,17H2,1-2H3,(H,27,29). The Morgan fingerprint density at radius 3 is 2.45 bits per heavy atom. The topological polar surface area (TPSA) is 63.4 Å². The molecule has 0 atom stereocenters. The summed E-state index contributed by atoms with van der Waals surface area (Å²) in [7, 11) is 3.30. The highest BCUT2D eigenvalue weighted by atomic mass is 16.5. The molecule has 3 aromatic carbocycles. The third-order valence-electron chi connectivity index (χ3n) is 5.42. The van der Waals surface area contributed by atoms with Crippen molar-refractivity contribution in [1.29, 1.82) is 0 Å². The number of hydrogen-bond acceptors (Lipinski definition) is 3. The fourth-order valence-electron chi connectivity index (χ4n) is 3.77. The van der Waals surface area contributed by atoms with Crippen LogP contribution in [0.3, 0.4) is 0 Å². The molecule has 4 aromatic rings. The van der Waals surface area contributed by atoms with Crippen molar-refractivity contribution in [3.8, 4) is 22.8 Å². The van der Waals surface area contributed by atoms with E-state index in [0.717, 1.165) is 44.8 Å². The summed E-state index contributed by atoms with van der Waals surface area (Å²) < 4.78 is 10.5. The summed E-state index contributed by atoms with van der Waals surface area (Å²) in [5.74, 6) is 1.63. The third-order valence-corrected chi connectivity index (χ3v) is 5.42. The second kappa shape index (κ2) is 9.39. The minimum absolute atomic E-state index is 0.0220. The van der Waals surface area contributed by atoms with Crippen LogP contribution in [-0.2, 0) is 17.8 Å². The second-order valence-electron chi connectivity index (χ2n) is 7.38. The van der Waals surface area contributed by atoms with E-state index in [1.807, 2.05) is 60.7 Å². The molecule has 0 bridgehead atoms. The van der Waals surface area contributed by atoms with E-state index in [-0.39, 0.29) is 5.91 Å². The number of benzene rings is 3. The maximum Gasteiger partial charge on any atom is 0.220 e. The Balaban J connectivity index is 1.49. The van der Waals surface area contributed by atoms with Gasteiger partial charge in [0.1, 0.15) is 11.5 Å². The fraction of sp³-hybridized carbons (Fsp3) is 0.192. The minimum Gasteiger partial charge on any atom is -0.497 e. The molecule has 0 saturated carbocycles. The van der Waals surface area contributed by atoms with Gasteiger partial charge < -0.3 is 19.8 Å². The van der Waals surface area contributed by atoms with Gasteiger partial charge in [-0.05, 0) is 65.6 Å². The maximum atomic E-state index is 12.6. The summed E-state index contributed by atoms with van der Waals surface area (Å²) in [6.07, 6.45) is 1.06. The van der Waals surface area contributed by atoms with Crippen molar-refractivity contribution >= 4 is 16.8 Å². The number of carbonyl (C=O) groups is 1. The van der Waals surface area contributed by atoms with Crippen molar-refractivity contribution in [1.82, 2.24) is 10.3 Å². The summed E-state index contributed by atoms with van der Waals surface area (Å²) in [5, 5.41) is 4.16. The van der Waals surface area contributed by atoms with Gasteiger partial charge >= 0.3 is 0 Å². The number of amides is 1. The van der Waals surface area contributed by atoms with Gasteiger partial charge in [0.2, 0.25) is 5.91 Å². The molecule has 0 unspecified atom stereocenters. The molecule has 0 spiro atoms. The van der Waals surface area contributed by atoms with Crippen molar-refractivity contribution in [2.24, 2.45) is 0 Å². The lowest BCUT2D eigenvalue weighted by molar-refractivity contribution is -0.121. The van der Waals surface area contributed by atoms with Crippen LogP contribution in [0.5, 0.6) is 11.5 Å². The predicted octanol–water partition coefficient (Wildman–Crippen LogP) is 5.10. The maximum absolute atomic E-state index is 12.6. The number of para-hydroxylation sites is 1. The van der Waals surface area contributed by atoms with E-state index in [9.17, 15) is 4.79 Å². The first-order chi connectivity index (χ1) is 15.2. The van der Waals surface area contributed by atoms with E-state index >= 15 is 0 Å². The molecule has 0 fully saturated rings. The van der Waals surface area contributed by atoms with Gasteiger partial charge in [0.15, 0.2) is 0 Å². The molecule has 1 aromatic heterocycles. The van der Waals surface area contributed by atoms with Crippen molar-refractivity contribution < 1.29 is 14.3 Å². The van der Waals surface area contributed by atoms with Crippen LogP contribution in [0.1, 0.15) is 17.5 Å². The molecule has 158 valence electrons. The van der Waals surface area contributed by atoms with Crippen LogP contribution in [-0.4, -0.2) is 25.1 Å². The summed E-state index contributed by atoms with van der Waals surface area (Å²) in [6.45, 7) is 0.481. The van der Waals surface area contributed by atoms with Crippen molar-refractivity contribution in [2.75, 3.05) is 14.2 Å². The SMILES string of the molecule is COc1ccc(-c2[nH]c3ccccc3c2CCC(=O)NCc2cccc(OC)c2)cc1. The number of nitrogens with one attached hydrogen (secondary N) is 2. The molecule has 0 saturated heterocycles. The molecule has 5 heteroatoms. The van der Waals surface area contributed by atoms with Gasteiger partial charge in [-0.1, -0.05) is 30.3 Å². The number of aromatic nitrogens is 1. The molecular formula is C26H26N2O3. The van der Waals surface area contributed by atoms with Gasteiger partial charge in [-0.15, -0.1) is 0 Å². The van der Waals surface area contributed by atoms with Crippen LogP contribution >= 0.6 is 0 Å². The van der Waals surface area contributed by atoms with Crippen LogP contribution < -0.4 is 14.8 Å². The monoisotopic (exact) mass is 414 g/mol. The average molecular weight is 415 g/mol. The molecular weight excluding hydrogens is 388 g/mol. The molecule has 4 rings (SSSR count). The zero-order chi connectivity index (χ0) is 21.6. The number of fused-ring (bicyclic) bond motifs is 1. The van der Waals surface area contributed by atoms with E-state index in [4.69, 9.17) is 9.47 Å². The van der Waals surface area contributed by atoms with E-state index in [1.165, 1.54) is 0 Å². The van der Waals surface area contributed by atoms with E-state index in [0.29, 0.717) is 19.4 Å². The number of methoxy groups -OCH3 is 2. The Labute approximate surface area is 182 Å². The van der Waals surface area contributed by atoms with Gasteiger partial charge in [0.25, 0.3) is 0 Å². The number of rotatable bonds is 8. The third kappa shape index (κ3) is 4.72. The van der Waals surface area contributed by atoms with Crippen molar-refractivity contribution in [2.45, 2.75) is 19.4 Å². The van der Waals surface area contributed by atoms with Gasteiger partial charge in [0.05, 0.1) is 14.2 Å². The molecule has 1 heterocycles. The summed E-state index contributed by atoms with van der Waals surface area (Å²) in [6, 6.07) is 23.9. The van der Waals surface area contributed by atoms with Gasteiger partial charge in [0, 0.05) is 29.6 Å². The molecule has 0 aliphatic carbocycles. The predicted molar refractivity (Wildman–Crippen MR) is 123 cm³/mol. The summed E-state index contributed by atoms with van der Waals surface area (Å²) >= 11 is 0. The van der Waals surface area contributed by atoms with Crippen LogP contribution in [0.25, 0.3) is 22.2 Å². The highest BCUT2D eigenvalue weighted by Crippen LogP contribution is 2.32. The number of ether oxygens (including phenoxy) is 2. The lowest BCUT2D eigenvalue weighted by atomic mass is 10.0. The van der Waals surface area contributed by atoms with Crippen molar-refractivity contribution in [3.63, 3.8) is 0 Å². The molecule has 0 radical (unpaired) electrons. The summed E-state index contributed by atoms with van der Waals surface area (Å²) in [4.78, 5) is 16.1. The Kier molecular flexibility index (Phi) is 6.22. The number of hydrogen-bond donors (Lipinski definition) is 2. The second-order valence-corrected chi connectivity index (χ2v) is 7.38. The number of carbonyl (C=O) groups excluding carboxylic acids is 1. The highest BCUT2D eigenvalue weighted by Gasteiger charge is 2.14. The molecule has 31 heavy (non-hydrogen) atoms. The molecule has 0 aliphatic rings. The number of aryl methyl sites for hydroxylation is 1. The average Bonchev–Trinajstić information content (AvgIpc) is 3.20. The molecule has 2 N–H and O–H groups in total. The lowest BCUT2D eigenvalue weighted by Crippen LogP contribution is -2.23. The molecule has 1 amide bonds. The quantitative estimate of drug-likeness (QED) is 0.422. The van der Waals surface area contributed by atoms with Gasteiger partial charge in [-0.25, -0.2) is 0 Å². The molecule has 0 aliphatic heterocycles. The number of H-pyrrole nitrogens is 1. The summed E-state index contributed by atoms with van der Waals surface area (Å²) in [5.41, 5.74) is 5.35. The zero-order valence-corrected chi connectivity index (χ0v) is 17.8. The first-order valence-electron chi connectivity index (χ1n) is 10.3. The first-order valence-corrected chi connectivity index (χ1v) is 10.3. The Hall–Kier alpha value is -3.73. The van der Waals surface area contributed by atoms with Crippen LogP contribution in [0.2, 0.25) is 0 Å².